The van der Waals surface area contributed by atoms with E-state index in [1.807, 2.05) is 58.9 Å². The van der Waals surface area contributed by atoms with Crippen molar-refractivity contribution in [2.75, 3.05) is 38.5 Å². The minimum absolute atomic E-state index is 0.0907. The van der Waals surface area contributed by atoms with Crippen LogP contribution in [-0.2, 0) is 21.6 Å². The average molecular weight is 672 g/mol. The third kappa shape index (κ3) is 8.52. The summed E-state index contributed by atoms with van der Waals surface area (Å²) in [6, 6.07) is 12.4. The summed E-state index contributed by atoms with van der Waals surface area (Å²) in [5.74, 6) is 1.08. The normalized spacial score (nSPS) is 18.7. The number of likely N-dealkylation sites (N-methyl/N-ethyl adjacent to an activating group) is 1. The number of benzene rings is 1. The SMILES string of the molecule is CC(=O)OCc1nc(NC(=O)N[C@H]2CC[C@@H](Oc3ccc(=N)n(C(=N)C(C)(C)N4CCN(C)CC4)c3)c3ccccc32)cc(C(C)(C)C)n1. The van der Waals surface area contributed by atoms with Crippen molar-refractivity contribution in [3.63, 3.8) is 0 Å². The van der Waals surface area contributed by atoms with E-state index in [-0.39, 0.29) is 29.7 Å². The number of piperazine rings is 1. The standard InChI is InChI=1S/C36H49N9O4/c1-23(46)48-22-32-40-29(35(2,3)4)20-31(41-32)42-34(47)39-27-13-14-28(26-11-9-8-10-25(26)27)49-24-12-15-30(37)45(21-24)33(38)36(5,6)44-18-16-43(7)17-19-44/h8-12,15,20-21,27-28,37-38H,13-14,16-19,22H2,1-7H3,(H2,39,40,41,42,47)/t27-,28+/m0/s1. The van der Waals surface area contributed by atoms with E-state index in [0.717, 1.165) is 37.3 Å². The molecule has 0 spiro atoms. The minimum atomic E-state index is -0.568. The van der Waals surface area contributed by atoms with E-state index in [1.165, 1.54) is 6.92 Å². The number of fused-ring (bicyclic) bond motifs is 1. The predicted molar refractivity (Wildman–Crippen MR) is 187 cm³/mol. The van der Waals surface area contributed by atoms with E-state index in [0.29, 0.717) is 41.8 Å². The molecule has 1 aliphatic carbocycles. The third-order valence-corrected chi connectivity index (χ3v) is 9.24. The number of carbonyl (C=O) groups excluding carboxylic acids is 2. The van der Waals surface area contributed by atoms with Crippen molar-refractivity contribution < 1.29 is 19.1 Å². The van der Waals surface area contributed by atoms with E-state index in [9.17, 15) is 9.59 Å². The van der Waals surface area contributed by atoms with Crippen LogP contribution in [0.25, 0.3) is 0 Å². The van der Waals surface area contributed by atoms with Gasteiger partial charge in [0.2, 0.25) is 0 Å². The fourth-order valence-electron chi connectivity index (χ4n) is 6.22. The van der Waals surface area contributed by atoms with Gasteiger partial charge in [-0.25, -0.2) is 14.8 Å². The van der Waals surface area contributed by atoms with Gasteiger partial charge in [-0.15, -0.1) is 0 Å². The molecule has 3 aromatic rings. The molecule has 2 aromatic heterocycles. The second kappa shape index (κ2) is 14.5. The van der Waals surface area contributed by atoms with Gasteiger partial charge >= 0.3 is 12.0 Å². The lowest BCUT2D eigenvalue weighted by Gasteiger charge is -2.43. The summed E-state index contributed by atoms with van der Waals surface area (Å²) in [5, 5.41) is 23.7. The maximum atomic E-state index is 13.3. The van der Waals surface area contributed by atoms with Gasteiger partial charge in [0.05, 0.1) is 23.5 Å². The average Bonchev–Trinajstić information content (AvgIpc) is 3.05. The van der Waals surface area contributed by atoms with E-state index >= 15 is 0 Å². The van der Waals surface area contributed by atoms with Crippen LogP contribution in [0.15, 0.2) is 48.7 Å². The van der Waals surface area contributed by atoms with Crippen molar-refractivity contribution in [2.45, 2.75) is 84.1 Å². The molecule has 1 fully saturated rings. The van der Waals surface area contributed by atoms with E-state index < -0.39 is 17.5 Å². The molecule has 1 aliphatic heterocycles. The smallest absolute Gasteiger partial charge is 0.320 e. The Balaban J connectivity index is 1.30. The molecule has 2 aliphatic rings. The first-order valence-electron chi connectivity index (χ1n) is 16.8. The molecule has 0 saturated carbocycles. The first kappa shape index (κ1) is 35.7. The van der Waals surface area contributed by atoms with Crippen molar-refractivity contribution in [1.29, 1.82) is 10.8 Å². The van der Waals surface area contributed by atoms with Crippen LogP contribution in [-0.4, -0.2) is 80.9 Å². The number of rotatable bonds is 8. The van der Waals surface area contributed by atoms with Gasteiger partial charge in [0, 0.05) is 44.6 Å². The number of esters is 1. The van der Waals surface area contributed by atoms with Gasteiger partial charge in [0.15, 0.2) is 12.4 Å². The Morgan fingerprint density at radius 2 is 1.67 bits per heavy atom. The maximum Gasteiger partial charge on any atom is 0.320 e. The molecule has 49 heavy (non-hydrogen) atoms. The first-order valence-corrected chi connectivity index (χ1v) is 16.8. The maximum absolute atomic E-state index is 13.3. The Morgan fingerprint density at radius 3 is 2.35 bits per heavy atom. The summed E-state index contributed by atoms with van der Waals surface area (Å²) in [6.45, 7) is 14.9. The summed E-state index contributed by atoms with van der Waals surface area (Å²) in [7, 11) is 2.11. The zero-order valence-electron chi connectivity index (χ0n) is 29.6. The molecular weight excluding hydrogens is 622 g/mol. The fraction of sp³-hybridized carbons (Fsp3) is 0.500. The number of ether oxygens (including phenoxy) is 2. The highest BCUT2D eigenvalue weighted by molar-refractivity contribution is 5.90. The molecule has 13 nitrogen and oxygen atoms in total. The van der Waals surface area contributed by atoms with Crippen LogP contribution in [0.5, 0.6) is 5.75 Å². The summed E-state index contributed by atoms with van der Waals surface area (Å²) in [5.41, 5.74) is 1.96. The molecular formula is C36H49N9O4. The first-order chi connectivity index (χ1) is 23.1. The van der Waals surface area contributed by atoms with Crippen LogP contribution < -0.4 is 20.9 Å². The molecule has 2 amide bonds. The van der Waals surface area contributed by atoms with Gasteiger partial charge < -0.3 is 19.7 Å². The number of aromatic nitrogens is 3. The largest absolute Gasteiger partial charge is 0.484 e. The number of hydrogen-bond donors (Lipinski definition) is 4. The number of nitrogens with one attached hydrogen (secondary N) is 4. The van der Waals surface area contributed by atoms with Crippen molar-refractivity contribution in [3.05, 3.63) is 76.8 Å². The summed E-state index contributed by atoms with van der Waals surface area (Å²) in [6.07, 6.45) is 2.74. The quantitative estimate of drug-likeness (QED) is 0.152. The van der Waals surface area contributed by atoms with Crippen molar-refractivity contribution in [1.82, 2.24) is 29.7 Å². The van der Waals surface area contributed by atoms with Crippen LogP contribution >= 0.6 is 0 Å². The minimum Gasteiger partial charge on any atom is -0.484 e. The Hall–Kier alpha value is -4.62. The number of pyridine rings is 1. The fourth-order valence-corrected chi connectivity index (χ4v) is 6.22. The Kier molecular flexibility index (Phi) is 10.5. The molecule has 1 saturated heterocycles. The number of nitrogens with zero attached hydrogens (tertiary/aromatic N) is 5. The Bertz CT molecular complexity index is 1760. The highest BCUT2D eigenvalue weighted by Crippen LogP contribution is 2.38. The topological polar surface area (TPSA) is 162 Å². The van der Waals surface area contributed by atoms with Gasteiger partial charge in [-0.1, -0.05) is 45.0 Å². The van der Waals surface area contributed by atoms with E-state index in [1.54, 1.807) is 29.0 Å². The van der Waals surface area contributed by atoms with Crippen molar-refractivity contribution >= 4 is 23.7 Å². The lowest BCUT2D eigenvalue weighted by molar-refractivity contribution is -0.142. The number of urea groups is 1. The summed E-state index contributed by atoms with van der Waals surface area (Å²) < 4.78 is 13.3. The van der Waals surface area contributed by atoms with Gasteiger partial charge in [-0.05, 0) is 57.0 Å². The van der Waals surface area contributed by atoms with Crippen LogP contribution in [0.1, 0.15) is 89.2 Å². The Labute approximate surface area is 288 Å². The molecule has 2 atom stereocenters. The molecule has 13 heteroatoms. The van der Waals surface area contributed by atoms with Gasteiger partial charge in [-0.3, -0.25) is 30.4 Å². The molecule has 0 bridgehead atoms. The molecule has 1 aromatic carbocycles. The van der Waals surface area contributed by atoms with Crippen LogP contribution in [0, 0.1) is 10.8 Å². The van der Waals surface area contributed by atoms with Crippen LogP contribution in [0.3, 0.4) is 0 Å². The van der Waals surface area contributed by atoms with Crippen LogP contribution in [0.2, 0.25) is 0 Å². The van der Waals surface area contributed by atoms with E-state index in [4.69, 9.17) is 20.3 Å². The Morgan fingerprint density at radius 1 is 0.980 bits per heavy atom. The highest BCUT2D eigenvalue weighted by atomic mass is 16.5. The summed E-state index contributed by atoms with van der Waals surface area (Å²) in [4.78, 5) is 38.2. The number of amides is 2. The monoisotopic (exact) mass is 671 g/mol. The lowest BCUT2D eigenvalue weighted by Crippen LogP contribution is -2.59. The molecule has 262 valence electrons. The molecule has 0 radical (unpaired) electrons. The zero-order chi connectivity index (χ0) is 35.5. The van der Waals surface area contributed by atoms with Crippen molar-refractivity contribution in [2.24, 2.45) is 0 Å². The second-order valence-electron chi connectivity index (χ2n) is 14.4. The van der Waals surface area contributed by atoms with E-state index in [2.05, 4.69) is 37.4 Å². The molecule has 4 N–H and O–H groups in total. The zero-order valence-corrected chi connectivity index (χ0v) is 29.6. The van der Waals surface area contributed by atoms with Gasteiger partial charge in [-0.2, -0.15) is 0 Å². The second-order valence-corrected chi connectivity index (χ2v) is 14.4. The molecule has 5 rings (SSSR count). The number of hydrogen-bond acceptors (Lipinski definition) is 10. The van der Waals surface area contributed by atoms with Crippen LogP contribution in [0.4, 0.5) is 10.6 Å². The number of anilines is 1. The van der Waals surface area contributed by atoms with Crippen molar-refractivity contribution in [3.8, 4) is 5.75 Å². The lowest BCUT2D eigenvalue weighted by atomic mass is 9.85. The number of carbonyl (C=O) groups is 2. The third-order valence-electron chi connectivity index (χ3n) is 9.24. The summed E-state index contributed by atoms with van der Waals surface area (Å²) >= 11 is 0. The van der Waals surface area contributed by atoms with Gasteiger partial charge in [0.25, 0.3) is 0 Å². The molecule has 3 heterocycles. The van der Waals surface area contributed by atoms with Gasteiger partial charge in [0.1, 0.15) is 29.0 Å². The molecule has 0 unspecified atom stereocenters. The predicted octanol–water partition coefficient (Wildman–Crippen LogP) is 4.75. The highest BCUT2D eigenvalue weighted by Gasteiger charge is 2.35.